The minimum Gasteiger partial charge on any atom is -0.309 e. The summed E-state index contributed by atoms with van der Waals surface area (Å²) in [6, 6.07) is 18.3. The summed E-state index contributed by atoms with van der Waals surface area (Å²) in [5.74, 6) is 2.77. The van der Waals surface area contributed by atoms with E-state index < -0.39 is 0 Å². The topological polar surface area (TPSA) is 12.6 Å². The molecule has 10 rings (SSSR count). The van der Waals surface area contributed by atoms with E-state index in [1.54, 1.807) is 5.56 Å². The number of aryl methyl sites for hydroxylation is 2. The van der Waals surface area contributed by atoms with Crippen molar-refractivity contribution in [2.24, 2.45) is 24.8 Å². The maximum absolute atomic E-state index is 7.71. The Balaban J connectivity index is 1.50. The molecule has 3 aromatic carbocycles. The van der Waals surface area contributed by atoms with E-state index in [1.807, 2.05) is 6.07 Å². The summed E-state index contributed by atoms with van der Waals surface area (Å²) in [5, 5.41) is 6.58. The van der Waals surface area contributed by atoms with Crippen LogP contribution in [0.4, 0.5) is 5.69 Å². The Kier molecular flexibility index (Phi) is 3.65. The summed E-state index contributed by atoms with van der Waals surface area (Å²) in [6.45, 7) is 9.96. The maximum atomic E-state index is 7.71. The van der Waals surface area contributed by atoms with Crippen molar-refractivity contribution in [1.82, 2.24) is 4.40 Å². The van der Waals surface area contributed by atoms with E-state index in [4.69, 9.17) is 6.57 Å². The molecule has 3 aromatic heterocycles. The van der Waals surface area contributed by atoms with Gasteiger partial charge in [0.1, 0.15) is 7.05 Å². The zero-order chi connectivity index (χ0) is 24.6. The SMILES string of the molecule is [C-]#[N+]c1ccc2c3ccc(C)c4c3n(c2c1)c1cc(C23CC5CC(CC(C5)C2)C3)cc2cc[n+](C)c4c21. The summed E-state index contributed by atoms with van der Waals surface area (Å²) in [4.78, 5) is 3.81. The zero-order valence-electron chi connectivity index (χ0n) is 21.5. The van der Waals surface area contributed by atoms with Gasteiger partial charge in [0.05, 0.1) is 28.4 Å². The van der Waals surface area contributed by atoms with E-state index in [2.05, 4.69) is 76.4 Å². The molecule has 6 aromatic rings. The minimum atomic E-state index is 0.342. The van der Waals surface area contributed by atoms with Crippen LogP contribution in [-0.4, -0.2) is 4.40 Å². The lowest BCUT2D eigenvalue weighted by Crippen LogP contribution is -2.48. The Morgan fingerprint density at radius 1 is 0.865 bits per heavy atom. The molecule has 0 unspecified atom stereocenters. The molecule has 37 heavy (non-hydrogen) atoms. The predicted molar refractivity (Wildman–Crippen MR) is 151 cm³/mol. The highest BCUT2D eigenvalue weighted by Gasteiger charge is 2.51. The van der Waals surface area contributed by atoms with E-state index in [1.165, 1.54) is 87.6 Å². The second-order valence-electron chi connectivity index (χ2n) is 12.7. The molecule has 4 bridgehead atoms. The van der Waals surface area contributed by atoms with Gasteiger partial charge in [0, 0.05) is 22.4 Å². The van der Waals surface area contributed by atoms with Crippen LogP contribution in [0.2, 0.25) is 0 Å². The molecule has 4 fully saturated rings. The normalized spacial score (nSPS) is 26.9. The van der Waals surface area contributed by atoms with Crippen molar-refractivity contribution in [3.05, 3.63) is 77.3 Å². The molecule has 0 amide bonds. The van der Waals surface area contributed by atoms with E-state index >= 15 is 0 Å². The number of hydrogen-bond donors (Lipinski definition) is 0. The fraction of sp³-hybridized carbons (Fsp3) is 0.353. The van der Waals surface area contributed by atoms with Gasteiger partial charge in [-0.15, -0.1) is 0 Å². The smallest absolute Gasteiger partial charge is 0.224 e. The van der Waals surface area contributed by atoms with Gasteiger partial charge < -0.3 is 4.40 Å². The van der Waals surface area contributed by atoms with Crippen molar-refractivity contribution in [2.75, 3.05) is 0 Å². The highest BCUT2D eigenvalue weighted by molar-refractivity contribution is 6.26. The molecule has 4 saturated carbocycles. The van der Waals surface area contributed by atoms with E-state index in [-0.39, 0.29) is 0 Å². The van der Waals surface area contributed by atoms with Crippen molar-refractivity contribution in [2.45, 2.75) is 50.9 Å². The second kappa shape index (κ2) is 6.62. The van der Waals surface area contributed by atoms with Gasteiger partial charge in [-0.25, -0.2) is 9.41 Å². The first-order valence-corrected chi connectivity index (χ1v) is 14.0. The van der Waals surface area contributed by atoms with Crippen LogP contribution in [0, 0.1) is 31.2 Å². The Bertz CT molecular complexity index is 1960. The number of nitrogens with zero attached hydrogens (tertiary/aromatic N) is 3. The van der Waals surface area contributed by atoms with E-state index in [0.29, 0.717) is 11.1 Å². The maximum Gasteiger partial charge on any atom is 0.224 e. The molecule has 0 spiro atoms. The van der Waals surface area contributed by atoms with E-state index in [9.17, 15) is 0 Å². The van der Waals surface area contributed by atoms with Crippen LogP contribution >= 0.6 is 0 Å². The first kappa shape index (κ1) is 20.4. The summed E-state index contributed by atoms with van der Waals surface area (Å²) in [7, 11) is 2.19. The van der Waals surface area contributed by atoms with Gasteiger partial charge in [-0.1, -0.05) is 24.3 Å². The number of benzene rings is 3. The van der Waals surface area contributed by atoms with Crippen LogP contribution in [0.1, 0.15) is 49.7 Å². The van der Waals surface area contributed by atoms with Gasteiger partial charge in [-0.2, -0.15) is 0 Å². The third-order valence-corrected chi connectivity index (χ3v) is 10.6. The molecule has 0 saturated heterocycles. The Morgan fingerprint density at radius 3 is 2.32 bits per heavy atom. The lowest BCUT2D eigenvalue weighted by atomic mass is 9.48. The summed E-state index contributed by atoms with van der Waals surface area (Å²) in [6.07, 6.45) is 10.8. The minimum absolute atomic E-state index is 0.342. The van der Waals surface area contributed by atoms with Gasteiger partial charge in [-0.05, 0) is 103 Å². The molecule has 3 nitrogen and oxygen atoms in total. The van der Waals surface area contributed by atoms with Crippen LogP contribution in [-0.2, 0) is 12.5 Å². The fourth-order valence-electron chi connectivity index (χ4n) is 9.54. The number of aromatic nitrogens is 2. The highest BCUT2D eigenvalue weighted by Crippen LogP contribution is 2.61. The van der Waals surface area contributed by atoms with Gasteiger partial charge in [-0.3, -0.25) is 0 Å². The fourth-order valence-corrected chi connectivity index (χ4v) is 9.54. The summed E-state index contributed by atoms with van der Waals surface area (Å²) < 4.78 is 4.84. The van der Waals surface area contributed by atoms with Crippen molar-refractivity contribution < 1.29 is 4.57 Å². The molecule has 3 heteroatoms. The molecular formula is C34H30N3+. The quantitative estimate of drug-likeness (QED) is 0.0975. The first-order valence-electron chi connectivity index (χ1n) is 14.0. The van der Waals surface area contributed by atoms with Crippen LogP contribution in [0.3, 0.4) is 0 Å². The third kappa shape index (κ3) is 2.45. The molecule has 0 aliphatic heterocycles. The number of pyridine rings is 2. The van der Waals surface area contributed by atoms with Crippen molar-refractivity contribution in [3.8, 4) is 0 Å². The average Bonchev–Trinajstić information content (AvgIpc) is 3.22. The first-order chi connectivity index (χ1) is 18.0. The molecule has 180 valence electrons. The molecule has 0 N–H and O–H groups in total. The summed E-state index contributed by atoms with van der Waals surface area (Å²) in [5.41, 5.74) is 9.04. The van der Waals surface area contributed by atoms with E-state index in [0.717, 1.165) is 23.3 Å². The molecule has 0 atom stereocenters. The predicted octanol–water partition coefficient (Wildman–Crippen LogP) is 8.14. The van der Waals surface area contributed by atoms with Crippen molar-refractivity contribution in [3.63, 3.8) is 0 Å². The highest BCUT2D eigenvalue weighted by atomic mass is 15.0. The number of fused-ring (bicyclic) bond motifs is 5. The summed E-state index contributed by atoms with van der Waals surface area (Å²) >= 11 is 0. The average molecular weight is 481 g/mol. The lowest BCUT2D eigenvalue weighted by molar-refractivity contribution is -0.643. The van der Waals surface area contributed by atoms with Crippen LogP contribution in [0.25, 0.3) is 53.8 Å². The van der Waals surface area contributed by atoms with Crippen LogP contribution < -0.4 is 4.57 Å². The van der Waals surface area contributed by atoms with Gasteiger partial charge in [0.2, 0.25) is 5.52 Å². The molecule has 4 aliphatic carbocycles. The lowest BCUT2D eigenvalue weighted by Gasteiger charge is -2.57. The number of hydrogen-bond acceptors (Lipinski definition) is 0. The van der Waals surface area contributed by atoms with Crippen LogP contribution in [0.15, 0.2) is 54.7 Å². The largest absolute Gasteiger partial charge is 0.309 e. The number of rotatable bonds is 1. The monoisotopic (exact) mass is 480 g/mol. The molecular weight excluding hydrogens is 450 g/mol. The zero-order valence-corrected chi connectivity index (χ0v) is 21.5. The van der Waals surface area contributed by atoms with Gasteiger partial charge in [0.25, 0.3) is 0 Å². The Hall–Kier alpha value is -3.64. The van der Waals surface area contributed by atoms with Crippen molar-refractivity contribution in [1.29, 1.82) is 0 Å². The van der Waals surface area contributed by atoms with Crippen LogP contribution in [0.5, 0.6) is 0 Å². The Labute approximate surface area is 216 Å². The van der Waals surface area contributed by atoms with Crippen molar-refractivity contribution >= 4 is 54.7 Å². The second-order valence-corrected chi connectivity index (χ2v) is 12.7. The Morgan fingerprint density at radius 2 is 1.59 bits per heavy atom. The molecule has 0 radical (unpaired) electrons. The standard InChI is InChI=1S/C34H30N3/c1-19-4-6-27-26-7-5-25(35-2)15-28(26)37-29-14-24(34-16-20-10-21(17-34)12-22(11-20)18-34)13-23-8-9-36(3)33(31(23)29)30(19)32(27)37/h4-9,13-15,20-22H,10-12,16-18H2,1,3H3/q+1. The van der Waals surface area contributed by atoms with Gasteiger partial charge in [0.15, 0.2) is 11.9 Å². The van der Waals surface area contributed by atoms with Gasteiger partial charge >= 0.3 is 0 Å². The molecule has 4 aliphatic rings. The molecule has 3 heterocycles. The third-order valence-electron chi connectivity index (χ3n) is 10.6.